The second-order valence-electron chi connectivity index (χ2n) is 6.44. The summed E-state index contributed by atoms with van der Waals surface area (Å²) >= 11 is 0. The van der Waals surface area contributed by atoms with E-state index in [0.29, 0.717) is 17.8 Å². The average Bonchev–Trinajstić information content (AvgIpc) is 2.65. The zero-order chi connectivity index (χ0) is 18.5. The normalized spacial score (nSPS) is 14.2. The van der Waals surface area contributed by atoms with Gasteiger partial charge in [-0.15, -0.1) is 12.4 Å². The van der Waals surface area contributed by atoms with Gasteiger partial charge in [-0.25, -0.2) is 0 Å². The Labute approximate surface area is 163 Å². The number of likely N-dealkylation sites (tertiary alicyclic amines) is 1. The van der Waals surface area contributed by atoms with Crippen LogP contribution in [-0.4, -0.2) is 33.9 Å². The van der Waals surface area contributed by atoms with Crippen molar-refractivity contribution in [2.45, 2.75) is 25.8 Å². The Morgan fingerprint density at radius 2 is 1.78 bits per heavy atom. The smallest absolute Gasteiger partial charge is 0.269 e. The van der Waals surface area contributed by atoms with E-state index < -0.39 is 4.92 Å². The molecular formula is C19H22ClN3O4. The first-order chi connectivity index (χ1) is 12.5. The molecule has 1 heterocycles. The molecule has 0 atom stereocenters. The van der Waals surface area contributed by atoms with E-state index in [1.165, 1.54) is 30.7 Å². The molecule has 1 amide bonds. The Morgan fingerprint density at radius 3 is 2.41 bits per heavy atom. The fourth-order valence-corrected chi connectivity index (χ4v) is 3.09. The molecule has 2 aromatic rings. The molecule has 27 heavy (non-hydrogen) atoms. The Bertz CT molecular complexity index is 805. The number of halogens is 1. The molecule has 0 unspecified atom stereocenters. The van der Waals surface area contributed by atoms with Crippen LogP contribution < -0.4 is 5.32 Å². The van der Waals surface area contributed by atoms with E-state index in [-0.39, 0.29) is 29.8 Å². The number of hydrogen-bond donors (Lipinski definition) is 2. The Morgan fingerprint density at radius 1 is 1.11 bits per heavy atom. The lowest BCUT2D eigenvalue weighted by Gasteiger charge is -2.26. The van der Waals surface area contributed by atoms with Crippen molar-refractivity contribution in [3.63, 3.8) is 0 Å². The van der Waals surface area contributed by atoms with Gasteiger partial charge in [-0.3, -0.25) is 19.8 Å². The minimum absolute atomic E-state index is 0. The summed E-state index contributed by atoms with van der Waals surface area (Å²) in [5.41, 5.74) is 1.63. The van der Waals surface area contributed by atoms with Crippen LogP contribution in [0.25, 0.3) is 0 Å². The minimum Gasteiger partial charge on any atom is -0.508 e. The van der Waals surface area contributed by atoms with Gasteiger partial charge in [0.25, 0.3) is 11.6 Å². The van der Waals surface area contributed by atoms with Crippen molar-refractivity contribution >= 4 is 29.7 Å². The molecule has 144 valence electrons. The van der Waals surface area contributed by atoms with Crippen LogP contribution in [0.15, 0.2) is 42.5 Å². The molecule has 3 rings (SSSR count). The van der Waals surface area contributed by atoms with Crippen molar-refractivity contribution in [2.24, 2.45) is 0 Å². The molecule has 0 spiro atoms. The van der Waals surface area contributed by atoms with Crippen molar-refractivity contribution in [1.29, 1.82) is 0 Å². The molecule has 8 heteroatoms. The van der Waals surface area contributed by atoms with Gasteiger partial charge in [0.2, 0.25) is 0 Å². The first-order valence-corrected chi connectivity index (χ1v) is 8.63. The molecule has 0 aliphatic carbocycles. The number of rotatable bonds is 5. The number of nitro benzene ring substituents is 1. The van der Waals surface area contributed by atoms with Crippen LogP contribution >= 0.6 is 12.4 Å². The third kappa shape index (κ3) is 5.42. The average molecular weight is 392 g/mol. The SMILES string of the molecule is Cl.O=C(Nc1ccc(O)c(CN2CCCCC2)c1)c1ccc([N+](=O)[O-])cc1. The maximum Gasteiger partial charge on any atom is 0.269 e. The van der Waals surface area contributed by atoms with Gasteiger partial charge in [0, 0.05) is 35.5 Å². The van der Waals surface area contributed by atoms with Crippen LogP contribution in [0.4, 0.5) is 11.4 Å². The molecule has 1 saturated heterocycles. The topological polar surface area (TPSA) is 95.7 Å². The fourth-order valence-electron chi connectivity index (χ4n) is 3.09. The summed E-state index contributed by atoms with van der Waals surface area (Å²) in [6.45, 7) is 2.67. The standard InChI is InChI=1S/C19H21N3O4.ClH/c23-18-9-6-16(12-15(18)13-21-10-2-1-3-11-21)20-19(24)14-4-7-17(8-5-14)22(25)26;/h4-9,12,23H,1-3,10-11,13H2,(H,20,24);1H. The Hall–Kier alpha value is -2.64. The molecule has 1 aliphatic rings. The molecule has 1 aliphatic heterocycles. The van der Waals surface area contributed by atoms with Gasteiger partial charge in [-0.1, -0.05) is 6.42 Å². The van der Waals surface area contributed by atoms with E-state index in [9.17, 15) is 20.0 Å². The van der Waals surface area contributed by atoms with Crippen molar-refractivity contribution in [2.75, 3.05) is 18.4 Å². The Balaban J connectivity index is 0.00000261. The number of phenolic OH excluding ortho intramolecular Hbond substituents is 1. The van der Waals surface area contributed by atoms with Gasteiger partial charge in [0.15, 0.2) is 0 Å². The summed E-state index contributed by atoms with van der Waals surface area (Å²) in [6.07, 6.45) is 3.57. The zero-order valence-corrected chi connectivity index (χ0v) is 15.6. The number of nitrogens with one attached hydrogen (secondary N) is 1. The molecule has 7 nitrogen and oxygen atoms in total. The van der Waals surface area contributed by atoms with Crippen molar-refractivity contribution in [1.82, 2.24) is 4.90 Å². The third-order valence-electron chi connectivity index (χ3n) is 4.52. The number of anilines is 1. The van der Waals surface area contributed by atoms with Crippen LogP contribution in [0, 0.1) is 10.1 Å². The molecule has 0 radical (unpaired) electrons. The fraction of sp³-hybridized carbons (Fsp3) is 0.316. The number of aromatic hydroxyl groups is 1. The molecule has 1 fully saturated rings. The second-order valence-corrected chi connectivity index (χ2v) is 6.44. The maximum absolute atomic E-state index is 12.3. The highest BCUT2D eigenvalue weighted by Gasteiger charge is 2.14. The molecule has 2 aromatic carbocycles. The summed E-state index contributed by atoms with van der Waals surface area (Å²) in [5.74, 6) is -0.140. The first kappa shape index (κ1) is 20.7. The van der Waals surface area contributed by atoms with Crippen LogP contribution in [0.3, 0.4) is 0 Å². The largest absolute Gasteiger partial charge is 0.508 e. The number of benzene rings is 2. The lowest BCUT2D eigenvalue weighted by molar-refractivity contribution is -0.384. The van der Waals surface area contributed by atoms with Crippen LogP contribution in [-0.2, 0) is 6.54 Å². The quantitative estimate of drug-likeness (QED) is 0.457. The molecule has 2 N–H and O–H groups in total. The van der Waals surface area contributed by atoms with Gasteiger partial charge in [-0.05, 0) is 56.3 Å². The number of nitro groups is 1. The lowest BCUT2D eigenvalue weighted by Crippen LogP contribution is -2.29. The summed E-state index contributed by atoms with van der Waals surface area (Å²) < 4.78 is 0. The van der Waals surface area contributed by atoms with Gasteiger partial charge in [0.1, 0.15) is 5.75 Å². The monoisotopic (exact) mass is 391 g/mol. The maximum atomic E-state index is 12.3. The number of non-ortho nitro benzene ring substituents is 1. The van der Waals surface area contributed by atoms with Crippen molar-refractivity contribution in [3.05, 3.63) is 63.7 Å². The first-order valence-electron chi connectivity index (χ1n) is 8.63. The van der Waals surface area contributed by atoms with Crippen molar-refractivity contribution < 1.29 is 14.8 Å². The Kier molecular flexibility index (Phi) is 7.15. The van der Waals surface area contributed by atoms with Gasteiger partial charge < -0.3 is 10.4 Å². The number of hydrogen-bond acceptors (Lipinski definition) is 5. The van der Waals surface area contributed by atoms with Crippen LogP contribution in [0.2, 0.25) is 0 Å². The van der Waals surface area contributed by atoms with Crippen LogP contribution in [0.1, 0.15) is 35.2 Å². The van der Waals surface area contributed by atoms with E-state index in [2.05, 4.69) is 10.2 Å². The second kappa shape index (κ2) is 9.34. The molecular weight excluding hydrogens is 370 g/mol. The number of piperidine rings is 1. The van der Waals surface area contributed by atoms with Gasteiger partial charge in [0.05, 0.1) is 4.92 Å². The van der Waals surface area contributed by atoms with E-state index in [1.54, 1.807) is 18.2 Å². The van der Waals surface area contributed by atoms with Crippen LogP contribution in [0.5, 0.6) is 5.75 Å². The lowest BCUT2D eigenvalue weighted by atomic mass is 10.1. The minimum atomic E-state index is -0.505. The highest BCUT2D eigenvalue weighted by Crippen LogP contribution is 2.25. The number of nitrogens with zero attached hydrogens (tertiary/aromatic N) is 2. The molecule has 0 aromatic heterocycles. The number of carbonyl (C=O) groups excluding carboxylic acids is 1. The summed E-state index contributed by atoms with van der Waals surface area (Å²) in [6, 6.07) is 10.4. The van der Waals surface area contributed by atoms with E-state index in [4.69, 9.17) is 0 Å². The van der Waals surface area contributed by atoms with Gasteiger partial charge in [-0.2, -0.15) is 0 Å². The molecule has 0 bridgehead atoms. The van der Waals surface area contributed by atoms with Crippen molar-refractivity contribution in [3.8, 4) is 5.75 Å². The predicted octanol–water partition coefficient (Wildman–Crippen LogP) is 3.96. The number of carbonyl (C=O) groups is 1. The number of amides is 1. The third-order valence-corrected chi connectivity index (χ3v) is 4.52. The van der Waals surface area contributed by atoms with Gasteiger partial charge >= 0.3 is 0 Å². The van der Waals surface area contributed by atoms with E-state index >= 15 is 0 Å². The highest BCUT2D eigenvalue weighted by atomic mass is 35.5. The van der Waals surface area contributed by atoms with E-state index in [0.717, 1.165) is 31.5 Å². The summed E-state index contributed by atoms with van der Waals surface area (Å²) in [5, 5.41) is 23.6. The summed E-state index contributed by atoms with van der Waals surface area (Å²) in [4.78, 5) is 24.8. The zero-order valence-electron chi connectivity index (χ0n) is 14.8. The highest BCUT2D eigenvalue weighted by molar-refractivity contribution is 6.04. The number of phenols is 1. The molecule has 0 saturated carbocycles. The van der Waals surface area contributed by atoms with E-state index in [1.807, 2.05) is 0 Å². The summed E-state index contributed by atoms with van der Waals surface area (Å²) in [7, 11) is 0. The predicted molar refractivity (Wildman–Crippen MR) is 106 cm³/mol.